The van der Waals surface area contributed by atoms with E-state index in [0.717, 1.165) is 4.57 Å². The monoisotopic (exact) mass is 228 g/mol. The average molecular weight is 228 g/mol. The normalized spacial score (nSPS) is 10.1. The summed E-state index contributed by atoms with van der Waals surface area (Å²) in [6, 6.07) is 1.24. The number of aromatic nitrogens is 2. The Morgan fingerprint density at radius 1 is 1.56 bits per heavy atom. The minimum Gasteiger partial charge on any atom is -0.356 e. The van der Waals surface area contributed by atoms with Gasteiger partial charge in [0.25, 0.3) is 5.56 Å². The maximum Gasteiger partial charge on any atom is 0.330 e. The van der Waals surface area contributed by atoms with E-state index in [2.05, 4.69) is 4.84 Å². The molecule has 16 heavy (non-hydrogen) atoms. The number of nitrogens with zero attached hydrogens (tertiary/aromatic N) is 2. The van der Waals surface area contributed by atoms with Crippen molar-refractivity contribution in [3.8, 4) is 0 Å². The molecule has 0 aliphatic carbocycles. The van der Waals surface area contributed by atoms with E-state index in [1.54, 1.807) is 5.59 Å². The van der Waals surface area contributed by atoms with E-state index in [9.17, 15) is 14.4 Å². The van der Waals surface area contributed by atoms with Gasteiger partial charge in [0.15, 0.2) is 0 Å². The van der Waals surface area contributed by atoms with Crippen LogP contribution >= 0.6 is 0 Å². The van der Waals surface area contributed by atoms with Gasteiger partial charge in [-0.1, -0.05) is 5.59 Å². The molecule has 0 saturated carbocycles. The molecular formula is C8H12N4O4. The summed E-state index contributed by atoms with van der Waals surface area (Å²) in [5, 5.41) is 0. The standard InChI is InChI=1S/C8H12N4O4/c1-11-4-2-6(13)12(8(11)15)5-3-7(14)16-10-9/h2,4,10H,3,5,9H2,1H3. The fourth-order valence-corrected chi connectivity index (χ4v) is 1.14. The van der Waals surface area contributed by atoms with Gasteiger partial charge in [0, 0.05) is 25.9 Å². The fraction of sp³-hybridized carbons (Fsp3) is 0.375. The molecule has 88 valence electrons. The van der Waals surface area contributed by atoms with Crippen LogP contribution in [0.5, 0.6) is 0 Å². The molecule has 1 heterocycles. The van der Waals surface area contributed by atoms with Crippen molar-refractivity contribution in [3.05, 3.63) is 33.1 Å². The van der Waals surface area contributed by atoms with Crippen LogP contribution in [0.4, 0.5) is 0 Å². The van der Waals surface area contributed by atoms with Crippen LogP contribution in [0.2, 0.25) is 0 Å². The lowest BCUT2D eigenvalue weighted by atomic mass is 10.4. The van der Waals surface area contributed by atoms with E-state index in [0.29, 0.717) is 0 Å². The molecular weight excluding hydrogens is 216 g/mol. The molecule has 1 aromatic heterocycles. The zero-order chi connectivity index (χ0) is 12.1. The van der Waals surface area contributed by atoms with Gasteiger partial charge in [-0.15, -0.1) is 0 Å². The van der Waals surface area contributed by atoms with Crippen LogP contribution in [0.25, 0.3) is 0 Å². The van der Waals surface area contributed by atoms with Crippen molar-refractivity contribution in [2.45, 2.75) is 13.0 Å². The van der Waals surface area contributed by atoms with Gasteiger partial charge in [-0.2, -0.15) is 0 Å². The number of carbonyl (C=O) groups excluding carboxylic acids is 1. The van der Waals surface area contributed by atoms with Gasteiger partial charge in [0.2, 0.25) is 0 Å². The molecule has 1 aromatic rings. The topological polar surface area (TPSA) is 108 Å². The highest BCUT2D eigenvalue weighted by Crippen LogP contribution is 1.86. The maximum atomic E-state index is 11.5. The molecule has 1 rings (SSSR count). The van der Waals surface area contributed by atoms with Gasteiger partial charge in [-0.25, -0.2) is 10.6 Å². The third-order valence-electron chi connectivity index (χ3n) is 1.95. The first-order valence-electron chi connectivity index (χ1n) is 4.48. The first-order valence-corrected chi connectivity index (χ1v) is 4.48. The summed E-state index contributed by atoms with van der Waals surface area (Å²) < 4.78 is 2.19. The van der Waals surface area contributed by atoms with E-state index in [1.165, 1.54) is 23.9 Å². The summed E-state index contributed by atoms with van der Waals surface area (Å²) in [4.78, 5) is 38.0. The number of aryl methyl sites for hydroxylation is 1. The molecule has 0 aliphatic heterocycles. The van der Waals surface area contributed by atoms with E-state index >= 15 is 0 Å². The number of nitrogens with one attached hydrogen (secondary N) is 1. The summed E-state index contributed by atoms with van der Waals surface area (Å²) in [7, 11) is 1.51. The van der Waals surface area contributed by atoms with E-state index in [-0.39, 0.29) is 13.0 Å². The van der Waals surface area contributed by atoms with Crippen LogP contribution in [0.1, 0.15) is 6.42 Å². The number of hydrogen-bond donors (Lipinski definition) is 2. The first kappa shape index (κ1) is 12.1. The van der Waals surface area contributed by atoms with Crippen LogP contribution in [0.3, 0.4) is 0 Å². The lowest BCUT2D eigenvalue weighted by molar-refractivity contribution is -0.151. The zero-order valence-electron chi connectivity index (χ0n) is 8.67. The van der Waals surface area contributed by atoms with E-state index < -0.39 is 17.2 Å². The Bertz CT molecular complexity index is 490. The van der Waals surface area contributed by atoms with Gasteiger partial charge >= 0.3 is 11.7 Å². The molecule has 0 atom stereocenters. The Morgan fingerprint density at radius 2 is 2.25 bits per heavy atom. The molecule has 0 spiro atoms. The third kappa shape index (κ3) is 2.78. The lowest BCUT2D eigenvalue weighted by Gasteiger charge is -2.05. The Labute approximate surface area is 90.2 Å². The number of rotatable bonds is 4. The minimum atomic E-state index is -0.652. The first-order chi connectivity index (χ1) is 7.56. The smallest absolute Gasteiger partial charge is 0.330 e. The number of carbonyl (C=O) groups is 1. The molecule has 0 fully saturated rings. The third-order valence-corrected chi connectivity index (χ3v) is 1.95. The van der Waals surface area contributed by atoms with Gasteiger partial charge < -0.3 is 9.40 Å². The van der Waals surface area contributed by atoms with Crippen LogP contribution < -0.4 is 22.7 Å². The van der Waals surface area contributed by atoms with Gasteiger partial charge in [-0.3, -0.25) is 14.2 Å². The summed E-state index contributed by atoms with van der Waals surface area (Å²) in [6.07, 6.45) is 1.24. The SMILES string of the molecule is Cn1ccc(=O)n(CCC(=O)ONN)c1=O. The van der Waals surface area contributed by atoms with Gasteiger partial charge in [-0.05, 0) is 0 Å². The highest BCUT2D eigenvalue weighted by Gasteiger charge is 2.07. The van der Waals surface area contributed by atoms with Crippen molar-refractivity contribution in [2.24, 2.45) is 12.9 Å². The second-order valence-corrected chi connectivity index (χ2v) is 3.04. The average Bonchev–Trinajstić information content (AvgIpc) is 2.24. The van der Waals surface area contributed by atoms with Crippen molar-refractivity contribution < 1.29 is 9.63 Å². The number of hydrogen-bond acceptors (Lipinski definition) is 6. The quantitative estimate of drug-likeness (QED) is 0.449. The summed E-state index contributed by atoms with van der Waals surface area (Å²) in [5.41, 5.74) is 0.777. The Balaban J connectivity index is 2.82. The summed E-state index contributed by atoms with van der Waals surface area (Å²) >= 11 is 0. The van der Waals surface area contributed by atoms with Crippen molar-refractivity contribution in [3.63, 3.8) is 0 Å². The predicted molar refractivity (Wildman–Crippen MR) is 54.0 cm³/mol. The Kier molecular flexibility index (Phi) is 3.97. The molecule has 0 amide bonds. The minimum absolute atomic E-state index is 0.0488. The fourth-order valence-electron chi connectivity index (χ4n) is 1.14. The van der Waals surface area contributed by atoms with Crippen molar-refractivity contribution in [2.75, 3.05) is 0 Å². The molecule has 0 aromatic carbocycles. The van der Waals surface area contributed by atoms with E-state index in [4.69, 9.17) is 5.84 Å². The summed E-state index contributed by atoms with van der Waals surface area (Å²) in [5.74, 6) is 4.10. The molecule has 0 radical (unpaired) electrons. The largest absolute Gasteiger partial charge is 0.356 e. The molecule has 8 heteroatoms. The van der Waals surface area contributed by atoms with Crippen LogP contribution in [0, 0.1) is 0 Å². The molecule has 0 saturated heterocycles. The zero-order valence-corrected chi connectivity index (χ0v) is 8.67. The van der Waals surface area contributed by atoms with Crippen LogP contribution in [-0.4, -0.2) is 15.1 Å². The second-order valence-electron chi connectivity index (χ2n) is 3.04. The Morgan fingerprint density at radius 3 is 2.88 bits per heavy atom. The second kappa shape index (κ2) is 5.24. The number of nitrogens with two attached hydrogens (primary N) is 1. The van der Waals surface area contributed by atoms with Crippen LogP contribution in [0.15, 0.2) is 21.9 Å². The predicted octanol–water partition coefficient (Wildman–Crippen LogP) is -2.14. The molecule has 0 aliphatic rings. The van der Waals surface area contributed by atoms with Crippen molar-refractivity contribution >= 4 is 5.97 Å². The maximum absolute atomic E-state index is 11.5. The highest BCUT2D eigenvalue weighted by molar-refractivity contribution is 5.68. The van der Waals surface area contributed by atoms with Crippen LogP contribution in [-0.2, 0) is 23.2 Å². The number of hydrazine groups is 1. The van der Waals surface area contributed by atoms with Gasteiger partial charge in [0.1, 0.15) is 0 Å². The van der Waals surface area contributed by atoms with Gasteiger partial charge in [0.05, 0.1) is 6.42 Å². The Hall–Kier alpha value is -1.93. The lowest BCUT2D eigenvalue weighted by Crippen LogP contribution is -2.38. The highest BCUT2D eigenvalue weighted by atomic mass is 16.7. The van der Waals surface area contributed by atoms with E-state index in [1.807, 2.05) is 0 Å². The molecule has 0 bridgehead atoms. The molecule has 3 N–H and O–H groups in total. The summed E-state index contributed by atoms with van der Waals surface area (Å²) in [6.45, 7) is -0.0488. The van der Waals surface area contributed by atoms with Crippen molar-refractivity contribution in [1.82, 2.24) is 14.7 Å². The molecule has 0 unspecified atom stereocenters. The van der Waals surface area contributed by atoms with Crippen molar-refractivity contribution in [1.29, 1.82) is 0 Å². The molecule has 8 nitrogen and oxygen atoms in total.